The Morgan fingerprint density at radius 1 is 1.21 bits per heavy atom. The molecule has 0 spiro atoms. The van der Waals surface area contributed by atoms with E-state index in [0.29, 0.717) is 5.88 Å². The van der Waals surface area contributed by atoms with E-state index >= 15 is 0 Å². The largest absolute Gasteiger partial charge is 0.126 e. The maximum Gasteiger partial charge on any atom is 0.0474 e. The van der Waals surface area contributed by atoms with Crippen LogP contribution in [0.4, 0.5) is 0 Å². The number of rotatable bonds is 4. The second-order valence-corrected chi connectivity index (χ2v) is 5.25. The van der Waals surface area contributed by atoms with Crippen LogP contribution in [0.5, 0.6) is 0 Å². The van der Waals surface area contributed by atoms with Crippen molar-refractivity contribution in [2.45, 2.75) is 30.0 Å². The van der Waals surface area contributed by atoms with Crippen LogP contribution in [0.3, 0.4) is 0 Å². The van der Waals surface area contributed by atoms with E-state index in [4.69, 9.17) is 11.6 Å². The minimum absolute atomic E-state index is 0.619. The molecule has 0 N–H and O–H groups in total. The summed E-state index contributed by atoms with van der Waals surface area (Å²) in [6.45, 7) is 0. The van der Waals surface area contributed by atoms with Gasteiger partial charge in [-0.3, -0.25) is 0 Å². The fraction of sp³-hybridized carbons (Fsp3) is 0.500. The van der Waals surface area contributed by atoms with Crippen molar-refractivity contribution in [1.29, 1.82) is 0 Å². The third kappa shape index (κ3) is 2.68. The second kappa shape index (κ2) is 5.09. The van der Waals surface area contributed by atoms with Crippen molar-refractivity contribution >= 4 is 23.4 Å². The number of halogens is 1. The van der Waals surface area contributed by atoms with Gasteiger partial charge in [0.1, 0.15) is 0 Å². The molecule has 0 saturated heterocycles. The molecule has 2 heteroatoms. The summed E-state index contributed by atoms with van der Waals surface area (Å²) in [4.78, 5) is 1.38. The second-order valence-electron chi connectivity index (χ2n) is 3.89. The third-order valence-corrected chi connectivity index (χ3v) is 4.34. The average molecular weight is 227 g/mol. The molecule has 0 atom stereocenters. The van der Waals surface area contributed by atoms with Crippen LogP contribution in [-0.4, -0.2) is 5.75 Å². The zero-order valence-electron chi connectivity index (χ0n) is 8.21. The van der Waals surface area contributed by atoms with Gasteiger partial charge >= 0.3 is 0 Å². The Morgan fingerprint density at radius 2 is 1.93 bits per heavy atom. The van der Waals surface area contributed by atoms with E-state index in [2.05, 4.69) is 24.3 Å². The molecule has 0 radical (unpaired) electrons. The predicted molar refractivity (Wildman–Crippen MR) is 64.1 cm³/mol. The van der Waals surface area contributed by atoms with Crippen LogP contribution >= 0.6 is 23.4 Å². The lowest BCUT2D eigenvalue weighted by molar-refractivity contribution is 0.353. The van der Waals surface area contributed by atoms with Gasteiger partial charge in [-0.05, 0) is 36.5 Å². The summed E-state index contributed by atoms with van der Waals surface area (Å²) in [5.41, 5.74) is 1.21. The Kier molecular flexibility index (Phi) is 3.77. The maximum absolute atomic E-state index is 5.73. The molecule has 0 amide bonds. The summed E-state index contributed by atoms with van der Waals surface area (Å²) in [6, 6.07) is 8.61. The molecule has 0 aromatic heterocycles. The van der Waals surface area contributed by atoms with Gasteiger partial charge in [0, 0.05) is 16.5 Å². The van der Waals surface area contributed by atoms with Crippen molar-refractivity contribution < 1.29 is 0 Å². The van der Waals surface area contributed by atoms with E-state index in [1.54, 1.807) is 0 Å². The normalized spacial score (nSPS) is 16.6. The summed E-state index contributed by atoms with van der Waals surface area (Å²) in [5.74, 6) is 2.89. The summed E-state index contributed by atoms with van der Waals surface area (Å²) in [7, 11) is 0. The quantitative estimate of drug-likeness (QED) is 0.545. The fourth-order valence-electron chi connectivity index (χ4n) is 1.55. The zero-order chi connectivity index (χ0) is 9.80. The maximum atomic E-state index is 5.73. The van der Waals surface area contributed by atoms with Crippen molar-refractivity contribution in [2.24, 2.45) is 5.92 Å². The van der Waals surface area contributed by atoms with E-state index in [1.807, 2.05) is 11.8 Å². The fourth-order valence-corrected chi connectivity index (χ4v) is 2.82. The molecular weight excluding hydrogens is 212 g/mol. The third-order valence-electron chi connectivity index (χ3n) is 2.79. The smallest absolute Gasteiger partial charge is 0.0474 e. The van der Waals surface area contributed by atoms with Gasteiger partial charge in [-0.25, -0.2) is 0 Å². The minimum atomic E-state index is 0.619. The highest BCUT2D eigenvalue weighted by Gasteiger charge is 2.16. The van der Waals surface area contributed by atoms with Crippen LogP contribution in [-0.2, 0) is 5.88 Å². The SMILES string of the molecule is ClCc1ccc(SCC2CCC2)cc1. The van der Waals surface area contributed by atoms with E-state index < -0.39 is 0 Å². The lowest BCUT2D eigenvalue weighted by Crippen LogP contribution is -2.12. The molecule has 1 aromatic rings. The van der Waals surface area contributed by atoms with Gasteiger partial charge in [0.05, 0.1) is 0 Å². The molecule has 0 bridgehead atoms. The zero-order valence-corrected chi connectivity index (χ0v) is 9.78. The van der Waals surface area contributed by atoms with Crippen molar-refractivity contribution in [3.8, 4) is 0 Å². The van der Waals surface area contributed by atoms with Gasteiger partial charge in [-0.1, -0.05) is 18.6 Å². The first kappa shape index (κ1) is 10.4. The average Bonchev–Trinajstić information content (AvgIpc) is 2.16. The van der Waals surface area contributed by atoms with Crippen LogP contribution in [0, 0.1) is 5.92 Å². The van der Waals surface area contributed by atoms with Crippen molar-refractivity contribution in [2.75, 3.05) is 5.75 Å². The minimum Gasteiger partial charge on any atom is -0.126 e. The van der Waals surface area contributed by atoms with Gasteiger partial charge in [-0.15, -0.1) is 23.4 Å². The number of hydrogen-bond donors (Lipinski definition) is 0. The Balaban J connectivity index is 1.83. The molecule has 1 aromatic carbocycles. The first-order valence-electron chi connectivity index (χ1n) is 5.16. The highest BCUT2D eigenvalue weighted by Crippen LogP contribution is 2.32. The topological polar surface area (TPSA) is 0 Å². The summed E-state index contributed by atoms with van der Waals surface area (Å²) >= 11 is 7.71. The lowest BCUT2D eigenvalue weighted by atomic mass is 9.87. The highest BCUT2D eigenvalue weighted by atomic mass is 35.5. The van der Waals surface area contributed by atoms with E-state index in [-0.39, 0.29) is 0 Å². The Morgan fingerprint density at radius 3 is 2.43 bits per heavy atom. The molecule has 0 heterocycles. The van der Waals surface area contributed by atoms with Crippen molar-refractivity contribution in [1.82, 2.24) is 0 Å². The number of thioether (sulfide) groups is 1. The molecule has 0 aliphatic heterocycles. The van der Waals surface area contributed by atoms with Crippen LogP contribution < -0.4 is 0 Å². The van der Waals surface area contributed by atoms with E-state index in [1.165, 1.54) is 35.5 Å². The molecule has 1 fully saturated rings. The van der Waals surface area contributed by atoms with Crippen LogP contribution in [0.25, 0.3) is 0 Å². The number of benzene rings is 1. The van der Waals surface area contributed by atoms with Gasteiger partial charge in [0.25, 0.3) is 0 Å². The summed E-state index contributed by atoms with van der Waals surface area (Å²) in [6.07, 6.45) is 4.32. The Bertz CT molecular complexity index is 277. The molecule has 0 unspecified atom stereocenters. The van der Waals surface area contributed by atoms with Gasteiger partial charge in [-0.2, -0.15) is 0 Å². The molecule has 1 saturated carbocycles. The van der Waals surface area contributed by atoms with Gasteiger partial charge < -0.3 is 0 Å². The molecule has 0 nitrogen and oxygen atoms in total. The van der Waals surface area contributed by atoms with Gasteiger partial charge in [0.15, 0.2) is 0 Å². The molecule has 1 aliphatic rings. The summed E-state index contributed by atoms with van der Waals surface area (Å²) < 4.78 is 0. The first-order chi connectivity index (χ1) is 6.88. The molecule has 2 rings (SSSR count). The van der Waals surface area contributed by atoms with Crippen molar-refractivity contribution in [3.63, 3.8) is 0 Å². The molecule has 14 heavy (non-hydrogen) atoms. The van der Waals surface area contributed by atoms with E-state index in [9.17, 15) is 0 Å². The standard InChI is InChI=1S/C12H15ClS/c13-8-10-4-6-12(7-5-10)14-9-11-2-1-3-11/h4-7,11H,1-3,8-9H2. The van der Waals surface area contributed by atoms with Crippen LogP contribution in [0.2, 0.25) is 0 Å². The first-order valence-corrected chi connectivity index (χ1v) is 6.68. The molecule has 1 aliphatic carbocycles. The van der Waals surface area contributed by atoms with E-state index in [0.717, 1.165) is 5.92 Å². The predicted octanol–water partition coefficient (Wildman–Crippen LogP) is 4.32. The molecular formula is C12H15ClS. The number of hydrogen-bond acceptors (Lipinski definition) is 1. The number of alkyl halides is 1. The summed E-state index contributed by atoms with van der Waals surface area (Å²) in [5, 5.41) is 0. The monoisotopic (exact) mass is 226 g/mol. The van der Waals surface area contributed by atoms with Crippen molar-refractivity contribution in [3.05, 3.63) is 29.8 Å². The van der Waals surface area contributed by atoms with Crippen LogP contribution in [0.1, 0.15) is 24.8 Å². The lowest BCUT2D eigenvalue weighted by Gasteiger charge is -2.24. The van der Waals surface area contributed by atoms with Crippen LogP contribution in [0.15, 0.2) is 29.2 Å². The highest BCUT2D eigenvalue weighted by molar-refractivity contribution is 7.99. The molecule has 76 valence electrons. The Hall–Kier alpha value is -0.140. The van der Waals surface area contributed by atoms with Gasteiger partial charge in [0.2, 0.25) is 0 Å². The Labute approximate surface area is 95.0 Å².